The van der Waals surface area contributed by atoms with Crippen LogP contribution in [0.5, 0.6) is 0 Å². The predicted octanol–water partition coefficient (Wildman–Crippen LogP) is 6.25. The average Bonchev–Trinajstić information content (AvgIpc) is 2.78. The van der Waals surface area contributed by atoms with Crippen LogP contribution in [-0.4, -0.2) is 41.7 Å². The first kappa shape index (κ1) is 27.4. The molecule has 36 heavy (non-hydrogen) atoms. The number of alkyl halides is 1. The summed E-state index contributed by atoms with van der Waals surface area (Å²) in [6, 6.07) is 7.17. The Morgan fingerprint density at radius 3 is 2.44 bits per heavy atom. The lowest BCUT2D eigenvalue weighted by Crippen LogP contribution is -2.48. The lowest BCUT2D eigenvalue weighted by Gasteiger charge is -2.44. The van der Waals surface area contributed by atoms with Crippen molar-refractivity contribution in [3.8, 4) is 0 Å². The number of carbonyl (C=O) groups is 1. The van der Waals surface area contributed by atoms with Crippen LogP contribution < -0.4 is 5.32 Å². The molecule has 0 aliphatic carbocycles. The Morgan fingerprint density at radius 1 is 1.22 bits per heavy atom. The molecule has 3 rings (SSSR count). The van der Waals surface area contributed by atoms with Crippen molar-refractivity contribution in [1.29, 1.82) is 5.41 Å². The summed E-state index contributed by atoms with van der Waals surface area (Å²) < 4.78 is 45.8. The number of rotatable bonds is 9. The van der Waals surface area contributed by atoms with Gasteiger partial charge < -0.3 is 10.7 Å². The van der Waals surface area contributed by atoms with Gasteiger partial charge in [-0.2, -0.15) is 0 Å². The topological polar surface area (TPSA) is 56.2 Å². The molecule has 2 atom stereocenters. The van der Waals surface area contributed by atoms with Crippen molar-refractivity contribution in [2.75, 3.05) is 6.54 Å². The first-order chi connectivity index (χ1) is 16.9. The van der Waals surface area contributed by atoms with Gasteiger partial charge in [0.2, 0.25) is 0 Å². The van der Waals surface area contributed by atoms with E-state index in [1.807, 2.05) is 43.9 Å². The first-order valence-electron chi connectivity index (χ1n) is 12.1. The number of nitrogens with one attached hydrogen (secondary N) is 2. The Labute approximate surface area is 211 Å². The molecule has 0 saturated carbocycles. The van der Waals surface area contributed by atoms with Gasteiger partial charge in [0.25, 0.3) is 0 Å². The molecule has 0 amide bonds. The Hall–Kier alpha value is -3.19. The van der Waals surface area contributed by atoms with Crippen molar-refractivity contribution < 1.29 is 18.0 Å². The smallest absolute Gasteiger partial charge is 0.142 e. The third kappa shape index (κ3) is 6.32. The van der Waals surface area contributed by atoms with Gasteiger partial charge in [-0.15, -0.1) is 0 Å². The standard InChI is InChI=1S/C29H34F3N3O/c1-18(2)34-16-23(15-33)21-8-9-24-22(14-21)11-19(3)35(17-29(4,5)32)28(24)27-25(30)12-20(7-6-10-36)13-26(27)31/h6-10,12-16,18-19,28,33-34H,11,17H2,1-5H3/b7-6+,23-16+,33-15?. The number of carbonyl (C=O) groups excluding carboxylic acids is 1. The summed E-state index contributed by atoms with van der Waals surface area (Å²) in [4.78, 5) is 12.5. The fourth-order valence-corrected chi connectivity index (χ4v) is 4.68. The van der Waals surface area contributed by atoms with E-state index in [-0.39, 0.29) is 29.8 Å². The van der Waals surface area contributed by atoms with Gasteiger partial charge in [-0.3, -0.25) is 9.69 Å². The minimum absolute atomic E-state index is 0.00431. The SMILES string of the molecule is CC(C)N/C=C(\C=N)c1ccc2c(c1)CC(C)N(CC(C)(C)F)C2c1c(F)cc(/C=C/C=O)cc1F. The van der Waals surface area contributed by atoms with E-state index in [9.17, 15) is 9.18 Å². The Bertz CT molecular complexity index is 1160. The molecule has 0 radical (unpaired) electrons. The maximum atomic E-state index is 15.5. The molecule has 2 aromatic carbocycles. The molecule has 1 heterocycles. The number of hydrogen-bond acceptors (Lipinski definition) is 4. The molecule has 0 bridgehead atoms. The molecule has 0 aromatic heterocycles. The molecule has 0 saturated heterocycles. The molecule has 192 valence electrons. The quantitative estimate of drug-likeness (QED) is 0.245. The van der Waals surface area contributed by atoms with Crippen molar-refractivity contribution in [3.63, 3.8) is 0 Å². The molecule has 0 spiro atoms. The van der Waals surface area contributed by atoms with Crippen molar-refractivity contribution in [2.24, 2.45) is 0 Å². The van der Waals surface area contributed by atoms with E-state index in [0.717, 1.165) is 11.1 Å². The molecule has 2 unspecified atom stereocenters. The van der Waals surface area contributed by atoms with Crippen LogP contribution in [0.25, 0.3) is 11.6 Å². The number of halogens is 3. The van der Waals surface area contributed by atoms with E-state index in [1.54, 1.807) is 6.20 Å². The van der Waals surface area contributed by atoms with E-state index in [0.29, 0.717) is 23.8 Å². The molecule has 2 N–H and O–H groups in total. The largest absolute Gasteiger partial charge is 0.388 e. The number of hydrogen-bond donors (Lipinski definition) is 2. The summed E-state index contributed by atoms with van der Waals surface area (Å²) in [5, 5.41) is 11.0. The summed E-state index contributed by atoms with van der Waals surface area (Å²) in [7, 11) is 0. The molecule has 1 aliphatic rings. The average molecular weight is 498 g/mol. The van der Waals surface area contributed by atoms with Gasteiger partial charge in [0.05, 0.1) is 6.04 Å². The van der Waals surface area contributed by atoms with Crippen molar-refractivity contribution in [1.82, 2.24) is 10.2 Å². The molecule has 0 fully saturated rings. The minimum Gasteiger partial charge on any atom is -0.388 e. The summed E-state index contributed by atoms with van der Waals surface area (Å²) in [6.45, 7) is 8.84. The Kier molecular flexibility index (Phi) is 8.56. The molecule has 2 aromatic rings. The number of fused-ring (bicyclic) bond motifs is 1. The predicted molar refractivity (Wildman–Crippen MR) is 140 cm³/mol. The van der Waals surface area contributed by atoms with Crippen LogP contribution in [0.1, 0.15) is 68.5 Å². The molecular formula is C29H34F3N3O. The van der Waals surface area contributed by atoms with Gasteiger partial charge in [-0.05, 0) is 81.5 Å². The highest BCUT2D eigenvalue weighted by atomic mass is 19.1. The summed E-state index contributed by atoms with van der Waals surface area (Å²) in [5.41, 5.74) is 1.62. The third-order valence-corrected chi connectivity index (χ3v) is 6.21. The highest BCUT2D eigenvalue weighted by molar-refractivity contribution is 6.08. The van der Waals surface area contributed by atoms with Gasteiger partial charge in [0, 0.05) is 42.2 Å². The Balaban J connectivity index is 2.18. The van der Waals surface area contributed by atoms with E-state index in [2.05, 4.69) is 5.32 Å². The molecule has 7 heteroatoms. The van der Waals surface area contributed by atoms with Crippen molar-refractivity contribution >= 4 is 24.1 Å². The zero-order chi connectivity index (χ0) is 26.6. The minimum atomic E-state index is -1.58. The molecule has 4 nitrogen and oxygen atoms in total. The molecular weight excluding hydrogens is 463 g/mol. The lowest BCUT2D eigenvalue weighted by molar-refractivity contribution is -0.104. The van der Waals surface area contributed by atoms with E-state index < -0.39 is 23.3 Å². The van der Waals surface area contributed by atoms with Gasteiger partial charge in [-0.1, -0.05) is 24.3 Å². The fourth-order valence-electron chi connectivity index (χ4n) is 4.68. The maximum Gasteiger partial charge on any atom is 0.142 e. The van der Waals surface area contributed by atoms with Gasteiger partial charge in [-0.25, -0.2) is 13.2 Å². The fraction of sp³-hybridized carbons (Fsp3) is 0.379. The zero-order valence-electron chi connectivity index (χ0n) is 21.4. The number of aldehydes is 1. The maximum absolute atomic E-state index is 15.5. The van der Waals surface area contributed by atoms with Crippen LogP contribution in [0.3, 0.4) is 0 Å². The summed E-state index contributed by atoms with van der Waals surface area (Å²) in [5.74, 6) is -1.50. The zero-order valence-corrected chi connectivity index (χ0v) is 21.4. The highest BCUT2D eigenvalue weighted by Gasteiger charge is 2.39. The van der Waals surface area contributed by atoms with E-state index in [1.165, 1.54) is 44.3 Å². The Morgan fingerprint density at radius 2 is 1.89 bits per heavy atom. The van der Waals surface area contributed by atoms with Crippen molar-refractivity contribution in [2.45, 2.75) is 64.8 Å². The van der Waals surface area contributed by atoms with Gasteiger partial charge in [0.15, 0.2) is 0 Å². The second kappa shape index (κ2) is 11.2. The van der Waals surface area contributed by atoms with Crippen LogP contribution in [-0.2, 0) is 11.2 Å². The van der Waals surface area contributed by atoms with Gasteiger partial charge >= 0.3 is 0 Å². The second-order valence-corrected chi connectivity index (χ2v) is 10.2. The van der Waals surface area contributed by atoms with Crippen LogP contribution in [0.2, 0.25) is 0 Å². The van der Waals surface area contributed by atoms with E-state index >= 15 is 8.78 Å². The normalized spacial score (nSPS) is 19.0. The number of allylic oxidation sites excluding steroid dienone is 2. The number of nitrogens with zero attached hydrogens (tertiary/aromatic N) is 1. The highest BCUT2D eigenvalue weighted by Crippen LogP contribution is 2.42. The van der Waals surface area contributed by atoms with Crippen LogP contribution in [0.15, 0.2) is 42.6 Å². The van der Waals surface area contributed by atoms with Crippen LogP contribution in [0.4, 0.5) is 13.2 Å². The summed E-state index contributed by atoms with van der Waals surface area (Å²) in [6.07, 6.45) is 6.68. The second-order valence-electron chi connectivity index (χ2n) is 10.2. The molecule has 1 aliphatic heterocycles. The van der Waals surface area contributed by atoms with Crippen molar-refractivity contribution in [3.05, 3.63) is 82.1 Å². The summed E-state index contributed by atoms with van der Waals surface area (Å²) >= 11 is 0. The van der Waals surface area contributed by atoms with Gasteiger partial charge in [0.1, 0.15) is 23.6 Å². The van der Waals surface area contributed by atoms with E-state index in [4.69, 9.17) is 5.41 Å². The first-order valence-corrected chi connectivity index (χ1v) is 12.1. The third-order valence-electron chi connectivity index (χ3n) is 6.21. The van der Waals surface area contributed by atoms with Crippen LogP contribution >= 0.6 is 0 Å². The lowest BCUT2D eigenvalue weighted by atomic mass is 9.82. The number of benzene rings is 2. The van der Waals surface area contributed by atoms with Crippen LogP contribution in [0, 0.1) is 17.0 Å². The monoisotopic (exact) mass is 497 g/mol.